The molecule has 1 N–H and O–H groups in total. The van der Waals surface area contributed by atoms with Crippen LogP contribution in [0.1, 0.15) is 26.5 Å². The number of ether oxygens (including phenoxy) is 3. The van der Waals surface area contributed by atoms with Gasteiger partial charge in [0.1, 0.15) is 12.4 Å². The first kappa shape index (κ1) is 19.0. The van der Waals surface area contributed by atoms with Crippen LogP contribution in [0.3, 0.4) is 0 Å². The van der Waals surface area contributed by atoms with Gasteiger partial charge in [-0.3, -0.25) is 4.79 Å². The van der Waals surface area contributed by atoms with Crippen LogP contribution in [0.25, 0.3) is 10.9 Å². The van der Waals surface area contributed by atoms with Crippen LogP contribution >= 0.6 is 0 Å². The van der Waals surface area contributed by atoms with E-state index in [-0.39, 0.29) is 40.2 Å². The second-order valence-corrected chi connectivity index (χ2v) is 5.66. The maximum Gasteiger partial charge on any atom is 0.338 e. The molecule has 3 rings (SSSR count). The fourth-order valence-corrected chi connectivity index (χ4v) is 2.51. The molecule has 1 aromatic heterocycles. The van der Waals surface area contributed by atoms with E-state index in [4.69, 9.17) is 9.47 Å². The number of aromatic nitrogens is 2. The zero-order valence-corrected chi connectivity index (χ0v) is 14.9. The zero-order valence-electron chi connectivity index (χ0n) is 14.9. The summed E-state index contributed by atoms with van der Waals surface area (Å²) in [5.41, 5.74) is -0.00434. The monoisotopic (exact) mass is 386 g/mol. The summed E-state index contributed by atoms with van der Waals surface area (Å²) < 4.78 is 28.2. The molecule has 0 radical (unpaired) electrons. The Hall–Kier alpha value is -3.75. The molecule has 0 atom stereocenters. The second-order valence-electron chi connectivity index (χ2n) is 5.66. The van der Waals surface area contributed by atoms with Crippen molar-refractivity contribution in [1.29, 1.82) is 0 Å². The highest BCUT2D eigenvalue weighted by atomic mass is 19.1. The molecule has 2 aromatic carbocycles. The van der Waals surface area contributed by atoms with Crippen LogP contribution in [0.15, 0.2) is 41.2 Å². The average molecular weight is 386 g/mol. The molecule has 0 saturated heterocycles. The highest BCUT2D eigenvalue weighted by molar-refractivity contribution is 5.94. The van der Waals surface area contributed by atoms with Gasteiger partial charge in [0.15, 0.2) is 11.6 Å². The van der Waals surface area contributed by atoms with E-state index >= 15 is 0 Å². The number of methoxy groups -OCH3 is 2. The lowest BCUT2D eigenvalue weighted by Crippen LogP contribution is -2.15. The minimum absolute atomic E-state index is 0.00140. The van der Waals surface area contributed by atoms with Gasteiger partial charge in [-0.15, -0.1) is 0 Å². The Morgan fingerprint density at radius 3 is 2.46 bits per heavy atom. The quantitative estimate of drug-likeness (QED) is 0.670. The molecule has 0 aliphatic carbocycles. The fourth-order valence-electron chi connectivity index (χ4n) is 2.51. The zero-order chi connectivity index (χ0) is 20.3. The maximum absolute atomic E-state index is 13.7. The topological polar surface area (TPSA) is 108 Å². The van der Waals surface area contributed by atoms with Gasteiger partial charge in [-0.2, -0.15) is 0 Å². The number of hydrogen-bond donors (Lipinski definition) is 1. The number of nitrogens with zero attached hydrogens (tertiary/aromatic N) is 1. The molecule has 0 saturated carbocycles. The Morgan fingerprint density at radius 1 is 1.07 bits per heavy atom. The van der Waals surface area contributed by atoms with Crippen molar-refractivity contribution < 1.29 is 28.2 Å². The summed E-state index contributed by atoms with van der Waals surface area (Å²) in [7, 11) is 2.55. The van der Waals surface area contributed by atoms with Gasteiger partial charge in [0.25, 0.3) is 5.56 Å². The summed E-state index contributed by atoms with van der Waals surface area (Å²) in [6.07, 6.45) is 0. The molecule has 144 valence electrons. The maximum atomic E-state index is 13.7. The van der Waals surface area contributed by atoms with Gasteiger partial charge >= 0.3 is 11.9 Å². The molecule has 0 amide bonds. The van der Waals surface area contributed by atoms with Crippen LogP contribution in [0, 0.1) is 5.82 Å². The molecule has 8 nitrogen and oxygen atoms in total. The van der Waals surface area contributed by atoms with Crippen molar-refractivity contribution in [3.8, 4) is 5.75 Å². The third-order valence-corrected chi connectivity index (χ3v) is 3.90. The smallest absolute Gasteiger partial charge is 0.338 e. The van der Waals surface area contributed by atoms with Gasteiger partial charge in [0.05, 0.1) is 36.2 Å². The number of esters is 2. The highest BCUT2D eigenvalue weighted by Crippen LogP contribution is 2.18. The molecule has 0 fully saturated rings. The number of rotatable bonds is 5. The summed E-state index contributed by atoms with van der Waals surface area (Å²) in [6, 6.07) is 7.94. The van der Waals surface area contributed by atoms with Crippen molar-refractivity contribution in [1.82, 2.24) is 9.97 Å². The lowest BCUT2D eigenvalue weighted by molar-refractivity contribution is 0.0461. The number of H-pyrrole nitrogens is 1. The third-order valence-electron chi connectivity index (χ3n) is 3.90. The first-order valence-electron chi connectivity index (χ1n) is 8.05. The number of nitrogens with one attached hydrogen (secondary N) is 1. The Labute approximate surface area is 157 Å². The van der Waals surface area contributed by atoms with Crippen molar-refractivity contribution in [2.45, 2.75) is 6.61 Å². The predicted octanol–water partition coefficient (Wildman–Crippen LogP) is 2.21. The van der Waals surface area contributed by atoms with Gasteiger partial charge in [-0.05, 0) is 36.4 Å². The first-order valence-corrected chi connectivity index (χ1v) is 8.05. The third kappa shape index (κ3) is 3.83. The molecule has 1 heterocycles. The van der Waals surface area contributed by atoms with E-state index in [2.05, 4.69) is 14.7 Å². The molecule has 0 unspecified atom stereocenters. The normalized spacial score (nSPS) is 10.5. The van der Waals surface area contributed by atoms with Crippen molar-refractivity contribution in [2.24, 2.45) is 0 Å². The van der Waals surface area contributed by atoms with Crippen LogP contribution in [-0.4, -0.2) is 36.1 Å². The summed E-state index contributed by atoms with van der Waals surface area (Å²) in [5, 5.41) is 0.264. The van der Waals surface area contributed by atoms with Crippen molar-refractivity contribution in [3.05, 3.63) is 69.5 Å². The molecule has 0 bridgehead atoms. The Kier molecular flexibility index (Phi) is 5.35. The Bertz CT molecular complexity index is 1130. The molecular weight excluding hydrogens is 371 g/mol. The average Bonchev–Trinajstić information content (AvgIpc) is 2.70. The number of aromatic amines is 1. The highest BCUT2D eigenvalue weighted by Gasteiger charge is 2.14. The van der Waals surface area contributed by atoms with Gasteiger partial charge in [-0.25, -0.2) is 19.0 Å². The summed E-state index contributed by atoms with van der Waals surface area (Å²) in [5.74, 6) is -2.00. The van der Waals surface area contributed by atoms with Crippen LogP contribution in [0.2, 0.25) is 0 Å². The van der Waals surface area contributed by atoms with Crippen LogP contribution in [-0.2, 0) is 16.1 Å². The number of benzene rings is 2. The van der Waals surface area contributed by atoms with Gasteiger partial charge in [0.2, 0.25) is 0 Å². The molecule has 9 heteroatoms. The SMILES string of the molecule is COC(=O)c1ccc2c(=O)[nH]c(COC(=O)c3ccc(OC)c(F)c3)nc2c1. The van der Waals surface area contributed by atoms with Crippen molar-refractivity contribution in [3.63, 3.8) is 0 Å². The molecular formula is C19H15FN2O6. The van der Waals surface area contributed by atoms with E-state index < -0.39 is 23.3 Å². The lowest BCUT2D eigenvalue weighted by atomic mass is 10.1. The minimum Gasteiger partial charge on any atom is -0.494 e. The molecule has 3 aromatic rings. The van der Waals surface area contributed by atoms with Gasteiger partial charge < -0.3 is 19.2 Å². The summed E-state index contributed by atoms with van der Waals surface area (Å²) in [6.45, 7) is -0.347. The number of hydrogen-bond acceptors (Lipinski definition) is 7. The standard InChI is InChI=1S/C19H15FN2O6/c1-26-15-6-4-10(7-13(15)20)19(25)28-9-16-21-14-8-11(18(24)27-2)3-5-12(14)17(23)22-16/h3-8H,9H2,1-2H3,(H,21,22,23). The predicted molar refractivity (Wildman–Crippen MR) is 95.8 cm³/mol. The Morgan fingerprint density at radius 2 is 1.79 bits per heavy atom. The van der Waals surface area contributed by atoms with Gasteiger partial charge in [-0.1, -0.05) is 0 Å². The van der Waals surface area contributed by atoms with E-state index in [1.165, 1.54) is 44.6 Å². The minimum atomic E-state index is -0.799. The molecule has 0 aliphatic heterocycles. The Balaban J connectivity index is 1.82. The number of carbonyl (C=O) groups excluding carboxylic acids is 2. The molecule has 0 aliphatic rings. The van der Waals surface area contributed by atoms with E-state index in [9.17, 15) is 18.8 Å². The number of carbonyl (C=O) groups is 2. The van der Waals surface area contributed by atoms with Crippen LogP contribution in [0.4, 0.5) is 4.39 Å². The molecule has 28 heavy (non-hydrogen) atoms. The van der Waals surface area contributed by atoms with Gasteiger partial charge in [0, 0.05) is 0 Å². The van der Waals surface area contributed by atoms with E-state index in [1.54, 1.807) is 0 Å². The summed E-state index contributed by atoms with van der Waals surface area (Å²) in [4.78, 5) is 42.6. The molecule has 0 spiro atoms. The van der Waals surface area contributed by atoms with E-state index in [1.807, 2.05) is 0 Å². The van der Waals surface area contributed by atoms with E-state index in [0.29, 0.717) is 0 Å². The fraction of sp³-hybridized carbons (Fsp3) is 0.158. The summed E-state index contributed by atoms with van der Waals surface area (Å²) >= 11 is 0. The number of halogens is 1. The largest absolute Gasteiger partial charge is 0.494 e. The van der Waals surface area contributed by atoms with Crippen molar-refractivity contribution >= 4 is 22.8 Å². The van der Waals surface area contributed by atoms with Crippen LogP contribution < -0.4 is 10.3 Å². The first-order chi connectivity index (χ1) is 13.4. The van der Waals surface area contributed by atoms with Crippen LogP contribution in [0.5, 0.6) is 5.75 Å². The number of fused-ring (bicyclic) bond motifs is 1. The second kappa shape index (κ2) is 7.87. The lowest BCUT2D eigenvalue weighted by Gasteiger charge is -2.07. The van der Waals surface area contributed by atoms with Crippen molar-refractivity contribution in [2.75, 3.05) is 14.2 Å². The van der Waals surface area contributed by atoms with E-state index in [0.717, 1.165) is 6.07 Å².